The van der Waals surface area contributed by atoms with Gasteiger partial charge in [0.1, 0.15) is 0 Å². The van der Waals surface area contributed by atoms with Gasteiger partial charge in [0.2, 0.25) is 5.16 Å². The summed E-state index contributed by atoms with van der Waals surface area (Å²) >= 11 is 1.27. The summed E-state index contributed by atoms with van der Waals surface area (Å²) in [6.07, 6.45) is 3.32. The third kappa shape index (κ3) is 3.28. The van der Waals surface area contributed by atoms with Gasteiger partial charge in [0.15, 0.2) is 5.82 Å². The van der Waals surface area contributed by atoms with Crippen molar-refractivity contribution in [1.29, 1.82) is 0 Å². The normalized spacial score (nSPS) is 10.4. The molecule has 0 fully saturated rings. The number of aliphatic carboxylic acids is 1. The second kappa shape index (κ2) is 5.44. The number of carbonyl (C=O) groups is 1. The average molecular weight is 249 g/mol. The van der Waals surface area contributed by atoms with Crippen LogP contribution in [0, 0.1) is 0 Å². The van der Waals surface area contributed by atoms with Crippen LogP contribution in [0.4, 0.5) is 0 Å². The topological polar surface area (TPSA) is 94.6 Å². The lowest BCUT2D eigenvalue weighted by Gasteiger charge is -1.97. The number of nitrogens with zero attached hydrogens (tertiary/aromatic N) is 3. The van der Waals surface area contributed by atoms with Crippen molar-refractivity contribution in [1.82, 2.24) is 20.2 Å². The molecule has 17 heavy (non-hydrogen) atoms. The van der Waals surface area contributed by atoms with Gasteiger partial charge in [-0.1, -0.05) is 11.8 Å². The molecule has 0 bridgehead atoms. The monoisotopic (exact) mass is 249 g/mol. The van der Waals surface area contributed by atoms with Crippen molar-refractivity contribution >= 4 is 17.7 Å². The highest BCUT2D eigenvalue weighted by Gasteiger charge is 2.05. The van der Waals surface area contributed by atoms with Crippen molar-refractivity contribution < 1.29 is 9.90 Å². The zero-order valence-corrected chi connectivity index (χ0v) is 9.61. The molecule has 0 aliphatic carbocycles. The minimum Gasteiger partial charge on any atom is -0.550 e. The Hall–Kier alpha value is -1.89. The summed E-state index contributed by atoms with van der Waals surface area (Å²) in [5.41, 5.74) is 0.888. The molecule has 0 spiro atoms. The third-order valence-electron chi connectivity index (χ3n) is 1.96. The molecule has 0 unspecified atom stereocenters. The van der Waals surface area contributed by atoms with Crippen LogP contribution in [0.1, 0.15) is 6.42 Å². The van der Waals surface area contributed by atoms with E-state index in [1.807, 2.05) is 12.1 Å². The maximum Gasteiger partial charge on any atom is 0.208 e. The highest BCUT2D eigenvalue weighted by Crippen LogP contribution is 2.18. The van der Waals surface area contributed by atoms with Gasteiger partial charge in [0, 0.05) is 29.7 Å². The molecule has 0 aliphatic heterocycles. The standard InChI is InChI=1S/C10H10N4O2S/c15-8(16)3-6-17-10-12-9(13-14-10)7-1-4-11-5-2-7/h1-2,4-5H,3,6H2,(H,15,16)(H,12,13,14)/p-1. The molecule has 88 valence electrons. The Kier molecular flexibility index (Phi) is 3.71. The van der Waals surface area contributed by atoms with Crippen LogP contribution in [-0.4, -0.2) is 31.9 Å². The molecule has 0 saturated carbocycles. The molecule has 0 aliphatic rings. The van der Waals surface area contributed by atoms with Gasteiger partial charge in [0.25, 0.3) is 0 Å². The van der Waals surface area contributed by atoms with E-state index >= 15 is 0 Å². The molecule has 0 radical (unpaired) electrons. The van der Waals surface area contributed by atoms with E-state index in [9.17, 15) is 9.90 Å². The molecule has 0 saturated heterocycles. The van der Waals surface area contributed by atoms with E-state index in [4.69, 9.17) is 0 Å². The number of H-pyrrole nitrogens is 1. The molecule has 7 heteroatoms. The van der Waals surface area contributed by atoms with E-state index in [1.165, 1.54) is 11.8 Å². The molecule has 2 aromatic rings. The Bertz CT molecular complexity index is 500. The predicted molar refractivity (Wildman–Crippen MR) is 60.0 cm³/mol. The maximum atomic E-state index is 10.2. The van der Waals surface area contributed by atoms with E-state index < -0.39 is 5.97 Å². The van der Waals surface area contributed by atoms with E-state index in [-0.39, 0.29) is 6.42 Å². The number of hydrogen-bond donors (Lipinski definition) is 1. The summed E-state index contributed by atoms with van der Waals surface area (Å²) < 4.78 is 0. The van der Waals surface area contributed by atoms with Crippen molar-refractivity contribution in [3.63, 3.8) is 0 Å². The van der Waals surface area contributed by atoms with Crippen molar-refractivity contribution in [3.8, 4) is 11.4 Å². The van der Waals surface area contributed by atoms with Crippen LogP contribution in [-0.2, 0) is 4.79 Å². The SMILES string of the molecule is O=C([O-])CCSc1n[nH]c(-c2ccncc2)n1. The van der Waals surface area contributed by atoms with Crippen LogP contribution in [0.25, 0.3) is 11.4 Å². The number of hydrogen-bond acceptors (Lipinski definition) is 6. The molecule has 2 heterocycles. The molecular formula is C10H9N4O2S-. The van der Waals surface area contributed by atoms with Gasteiger partial charge < -0.3 is 9.90 Å². The van der Waals surface area contributed by atoms with Crippen LogP contribution >= 0.6 is 11.8 Å². The lowest BCUT2D eigenvalue weighted by atomic mass is 10.3. The first kappa shape index (κ1) is 11.6. The van der Waals surface area contributed by atoms with Gasteiger partial charge in [-0.25, -0.2) is 4.98 Å². The highest BCUT2D eigenvalue weighted by atomic mass is 32.2. The Labute approximate surface area is 101 Å². The summed E-state index contributed by atoms with van der Waals surface area (Å²) in [7, 11) is 0. The fourth-order valence-corrected chi connectivity index (χ4v) is 1.89. The van der Waals surface area contributed by atoms with Crippen molar-refractivity contribution in [2.24, 2.45) is 0 Å². The van der Waals surface area contributed by atoms with E-state index in [1.54, 1.807) is 12.4 Å². The van der Waals surface area contributed by atoms with Crippen LogP contribution < -0.4 is 5.11 Å². The number of rotatable bonds is 5. The number of pyridine rings is 1. The zero-order chi connectivity index (χ0) is 12.1. The molecule has 0 aromatic carbocycles. The first-order valence-corrected chi connectivity index (χ1v) is 5.90. The molecule has 2 aromatic heterocycles. The van der Waals surface area contributed by atoms with Gasteiger partial charge in [-0.3, -0.25) is 10.1 Å². The highest BCUT2D eigenvalue weighted by molar-refractivity contribution is 7.99. The average Bonchev–Trinajstić information content (AvgIpc) is 2.78. The predicted octanol–water partition coefficient (Wildman–Crippen LogP) is 0.0988. The van der Waals surface area contributed by atoms with Gasteiger partial charge >= 0.3 is 0 Å². The van der Waals surface area contributed by atoms with Crippen LogP contribution in [0.3, 0.4) is 0 Å². The van der Waals surface area contributed by atoms with Crippen LogP contribution in [0.15, 0.2) is 29.7 Å². The summed E-state index contributed by atoms with van der Waals surface area (Å²) in [6.45, 7) is 0. The van der Waals surface area contributed by atoms with Gasteiger partial charge in [-0.05, 0) is 18.6 Å². The van der Waals surface area contributed by atoms with Crippen molar-refractivity contribution in [2.45, 2.75) is 11.6 Å². The number of aromatic nitrogens is 4. The van der Waals surface area contributed by atoms with E-state index in [2.05, 4.69) is 20.2 Å². The fraction of sp³-hybridized carbons (Fsp3) is 0.200. The van der Waals surface area contributed by atoms with Crippen molar-refractivity contribution in [2.75, 3.05) is 5.75 Å². The number of carboxylic acid groups (broad SMARTS) is 1. The molecule has 1 N–H and O–H groups in total. The Morgan fingerprint density at radius 3 is 2.88 bits per heavy atom. The molecule has 6 nitrogen and oxygen atoms in total. The number of nitrogens with one attached hydrogen (secondary N) is 1. The Morgan fingerprint density at radius 2 is 2.18 bits per heavy atom. The van der Waals surface area contributed by atoms with E-state index in [0.717, 1.165) is 5.56 Å². The largest absolute Gasteiger partial charge is 0.550 e. The number of thioether (sulfide) groups is 1. The quantitative estimate of drug-likeness (QED) is 0.755. The number of carboxylic acids is 1. The number of aromatic amines is 1. The number of carbonyl (C=O) groups excluding carboxylic acids is 1. The van der Waals surface area contributed by atoms with Crippen molar-refractivity contribution in [3.05, 3.63) is 24.5 Å². The fourth-order valence-electron chi connectivity index (χ4n) is 1.18. The minimum absolute atomic E-state index is 0.0101. The molecule has 0 amide bonds. The summed E-state index contributed by atoms with van der Waals surface area (Å²) in [5, 5.41) is 17.5. The minimum atomic E-state index is -1.07. The van der Waals surface area contributed by atoms with E-state index in [0.29, 0.717) is 16.7 Å². The summed E-state index contributed by atoms with van der Waals surface area (Å²) in [4.78, 5) is 18.4. The van der Waals surface area contributed by atoms with Crippen LogP contribution in [0.2, 0.25) is 0 Å². The summed E-state index contributed by atoms with van der Waals surface area (Å²) in [5.74, 6) is -0.0265. The third-order valence-corrected chi connectivity index (χ3v) is 2.81. The summed E-state index contributed by atoms with van der Waals surface area (Å²) in [6, 6.07) is 3.63. The second-order valence-electron chi connectivity index (χ2n) is 3.17. The van der Waals surface area contributed by atoms with Gasteiger partial charge in [0.05, 0.1) is 0 Å². The second-order valence-corrected chi connectivity index (χ2v) is 4.24. The van der Waals surface area contributed by atoms with Gasteiger partial charge in [-0.15, -0.1) is 5.10 Å². The Morgan fingerprint density at radius 1 is 1.41 bits per heavy atom. The lowest BCUT2D eigenvalue weighted by Crippen LogP contribution is -2.22. The first-order valence-electron chi connectivity index (χ1n) is 4.91. The lowest BCUT2D eigenvalue weighted by molar-refractivity contribution is -0.305. The Balaban J connectivity index is 1.99. The molecular weight excluding hydrogens is 240 g/mol. The maximum absolute atomic E-state index is 10.2. The first-order chi connectivity index (χ1) is 8.25. The van der Waals surface area contributed by atoms with Crippen LogP contribution in [0.5, 0.6) is 0 Å². The van der Waals surface area contributed by atoms with Gasteiger partial charge in [-0.2, -0.15) is 0 Å². The zero-order valence-electron chi connectivity index (χ0n) is 8.79. The molecule has 2 rings (SSSR count). The smallest absolute Gasteiger partial charge is 0.208 e. The molecule has 0 atom stereocenters.